The highest BCUT2D eigenvalue weighted by Gasteiger charge is 2.23. The van der Waals surface area contributed by atoms with Gasteiger partial charge in [-0.15, -0.1) is 0 Å². The second-order valence-corrected chi connectivity index (χ2v) is 9.16. The molecule has 0 heterocycles. The number of phosphoric ester groups is 1. The van der Waals surface area contributed by atoms with E-state index < -0.39 is 26.5 Å². The molecular weight excluding hydrogens is 425 g/mol. The van der Waals surface area contributed by atoms with Crippen LogP contribution in [0.15, 0.2) is 0 Å². The highest BCUT2D eigenvalue weighted by molar-refractivity contribution is 7.47. The molecule has 0 bridgehead atoms. The first-order chi connectivity index (χ1) is 14.8. The lowest BCUT2D eigenvalue weighted by Crippen LogP contribution is -2.25. The minimum atomic E-state index is -4.35. The Morgan fingerprint density at radius 1 is 0.903 bits per heavy atom. The summed E-state index contributed by atoms with van der Waals surface area (Å²) in [6.45, 7) is 2.55. The van der Waals surface area contributed by atoms with Crippen LogP contribution in [0.4, 0.5) is 0 Å². The summed E-state index contributed by atoms with van der Waals surface area (Å²) in [5.41, 5.74) is 0. The highest BCUT2D eigenvalue weighted by atomic mass is 31.2. The van der Waals surface area contributed by atoms with Gasteiger partial charge in [-0.05, 0) is 6.42 Å². The highest BCUT2D eigenvalue weighted by Crippen LogP contribution is 2.42. The first-order valence-electron chi connectivity index (χ1n) is 11.5. The molecule has 0 aliphatic carbocycles. The maximum Gasteiger partial charge on any atom is 0.472 e. The van der Waals surface area contributed by atoms with Crippen LogP contribution in [0.25, 0.3) is 0 Å². The number of aliphatic hydroxyl groups excluding tert-OH is 1. The monoisotopic (exact) mass is 467 g/mol. The van der Waals surface area contributed by atoms with E-state index in [0.717, 1.165) is 19.3 Å². The summed E-state index contributed by atoms with van der Waals surface area (Å²) in [6.07, 6.45) is 12.2. The van der Waals surface area contributed by atoms with Crippen molar-refractivity contribution in [1.29, 1.82) is 0 Å². The third-order valence-corrected chi connectivity index (χ3v) is 5.57. The first kappa shape index (κ1) is 30.0. The molecule has 184 valence electrons. The molecule has 1 amide bonds. The van der Waals surface area contributed by atoms with Gasteiger partial charge in [0.25, 0.3) is 0 Å². The molecule has 0 aromatic carbocycles. The van der Waals surface area contributed by atoms with E-state index in [0.29, 0.717) is 0 Å². The Hall–Kier alpha value is -0.990. The summed E-state index contributed by atoms with van der Waals surface area (Å²) >= 11 is 0. The summed E-state index contributed by atoms with van der Waals surface area (Å²) in [4.78, 5) is 31.8. The van der Waals surface area contributed by atoms with Gasteiger partial charge in [-0.2, -0.15) is 0 Å². The van der Waals surface area contributed by atoms with Gasteiger partial charge in [-0.25, -0.2) is 4.57 Å². The average molecular weight is 468 g/mol. The number of phosphoric acid groups is 1. The molecule has 2 unspecified atom stereocenters. The number of carbonyl (C=O) groups excluding carboxylic acids is 2. The standard InChI is InChI=1S/C21H42NO8P/c1-3-4-5-6-7-8-9-10-11-12-13-14-21(25)28-17-20(24)18-30-31(26,27)29-16-15-22-19(2)23/h20,24H,3-18H2,1-2H3,(H,22,23)(H,26,27). The van der Waals surface area contributed by atoms with Crippen molar-refractivity contribution in [3.63, 3.8) is 0 Å². The molecule has 10 heteroatoms. The maximum atomic E-state index is 11.7. The fourth-order valence-corrected chi connectivity index (χ4v) is 3.61. The minimum Gasteiger partial charge on any atom is -0.463 e. The van der Waals surface area contributed by atoms with Gasteiger partial charge in [0.1, 0.15) is 12.7 Å². The van der Waals surface area contributed by atoms with E-state index in [9.17, 15) is 24.2 Å². The Morgan fingerprint density at radius 2 is 1.45 bits per heavy atom. The number of amides is 1. The number of unbranched alkanes of at least 4 members (excludes halogenated alkanes) is 10. The van der Waals surface area contributed by atoms with Crippen molar-refractivity contribution in [3.8, 4) is 0 Å². The lowest BCUT2D eigenvalue weighted by atomic mass is 10.1. The van der Waals surface area contributed by atoms with Crippen LogP contribution < -0.4 is 5.32 Å². The molecule has 0 aromatic heterocycles. The third kappa shape index (κ3) is 22.0. The number of nitrogens with one attached hydrogen (secondary N) is 1. The lowest BCUT2D eigenvalue weighted by molar-refractivity contribution is -0.147. The van der Waals surface area contributed by atoms with Crippen LogP contribution in [0.5, 0.6) is 0 Å². The van der Waals surface area contributed by atoms with Crippen molar-refractivity contribution >= 4 is 19.7 Å². The second-order valence-electron chi connectivity index (χ2n) is 7.70. The van der Waals surface area contributed by atoms with Crippen LogP contribution in [0.1, 0.15) is 90.9 Å². The van der Waals surface area contributed by atoms with E-state index >= 15 is 0 Å². The van der Waals surface area contributed by atoms with Gasteiger partial charge in [-0.1, -0.05) is 71.1 Å². The van der Waals surface area contributed by atoms with Crippen LogP contribution >= 0.6 is 7.82 Å². The molecule has 9 nitrogen and oxygen atoms in total. The van der Waals surface area contributed by atoms with E-state index in [-0.39, 0.29) is 32.1 Å². The Kier molecular flexibility index (Phi) is 19.0. The number of ether oxygens (including phenoxy) is 1. The smallest absolute Gasteiger partial charge is 0.463 e. The number of aliphatic hydroxyl groups is 1. The zero-order valence-corrected chi connectivity index (χ0v) is 20.1. The summed E-state index contributed by atoms with van der Waals surface area (Å²) in [7, 11) is -4.35. The van der Waals surface area contributed by atoms with E-state index in [1.165, 1.54) is 58.3 Å². The quantitative estimate of drug-likeness (QED) is 0.132. The van der Waals surface area contributed by atoms with Crippen molar-refractivity contribution in [2.24, 2.45) is 0 Å². The molecule has 0 rings (SSSR count). The van der Waals surface area contributed by atoms with Crippen LogP contribution in [0, 0.1) is 0 Å². The molecule has 0 radical (unpaired) electrons. The first-order valence-corrected chi connectivity index (χ1v) is 13.0. The molecular formula is C21H42NO8P. The molecule has 31 heavy (non-hydrogen) atoms. The van der Waals surface area contributed by atoms with E-state index in [1.54, 1.807) is 0 Å². The summed E-state index contributed by atoms with van der Waals surface area (Å²) in [5, 5.41) is 12.1. The molecule has 0 saturated heterocycles. The van der Waals surface area contributed by atoms with E-state index in [1.807, 2.05) is 0 Å². The summed E-state index contributed by atoms with van der Waals surface area (Å²) in [5.74, 6) is -0.698. The molecule has 2 atom stereocenters. The van der Waals surface area contributed by atoms with Crippen molar-refractivity contribution in [1.82, 2.24) is 5.32 Å². The number of hydrogen-bond donors (Lipinski definition) is 3. The maximum absolute atomic E-state index is 11.7. The number of rotatable bonds is 21. The Balaban J connectivity index is 3.59. The molecule has 0 spiro atoms. The molecule has 0 saturated carbocycles. The van der Waals surface area contributed by atoms with Gasteiger partial charge < -0.3 is 20.1 Å². The number of hydrogen-bond acceptors (Lipinski definition) is 7. The van der Waals surface area contributed by atoms with Crippen LogP contribution in [0.3, 0.4) is 0 Å². The number of esters is 1. The SMILES string of the molecule is CCCCCCCCCCCCCC(=O)OCC(O)COP(=O)(O)OCCNC(C)=O. The van der Waals surface area contributed by atoms with Gasteiger partial charge in [-0.3, -0.25) is 18.6 Å². The van der Waals surface area contributed by atoms with Gasteiger partial charge >= 0.3 is 13.8 Å². The van der Waals surface area contributed by atoms with Crippen LogP contribution in [-0.4, -0.2) is 54.3 Å². The summed E-state index contributed by atoms with van der Waals surface area (Å²) in [6, 6.07) is 0. The van der Waals surface area contributed by atoms with E-state index in [4.69, 9.17) is 4.74 Å². The van der Waals surface area contributed by atoms with Crippen molar-refractivity contribution in [2.75, 3.05) is 26.4 Å². The van der Waals surface area contributed by atoms with E-state index in [2.05, 4.69) is 21.3 Å². The van der Waals surface area contributed by atoms with Crippen LogP contribution in [-0.2, 0) is 27.9 Å². The summed E-state index contributed by atoms with van der Waals surface area (Å²) < 4.78 is 25.8. The van der Waals surface area contributed by atoms with Gasteiger partial charge in [0, 0.05) is 19.9 Å². The second kappa shape index (κ2) is 19.7. The molecule has 0 fully saturated rings. The topological polar surface area (TPSA) is 131 Å². The van der Waals surface area contributed by atoms with Gasteiger partial charge in [0.05, 0.1) is 13.2 Å². The Morgan fingerprint density at radius 3 is 2.00 bits per heavy atom. The lowest BCUT2D eigenvalue weighted by Gasteiger charge is -2.15. The minimum absolute atomic E-state index is 0.0580. The van der Waals surface area contributed by atoms with Crippen molar-refractivity contribution in [3.05, 3.63) is 0 Å². The van der Waals surface area contributed by atoms with Crippen LogP contribution in [0.2, 0.25) is 0 Å². The zero-order chi connectivity index (χ0) is 23.4. The van der Waals surface area contributed by atoms with Gasteiger partial charge in [0.2, 0.25) is 5.91 Å². The average Bonchev–Trinajstić information content (AvgIpc) is 2.72. The molecule has 3 N–H and O–H groups in total. The predicted molar refractivity (Wildman–Crippen MR) is 118 cm³/mol. The Labute approximate surface area is 186 Å². The Bertz CT molecular complexity index is 518. The molecule has 0 aliphatic heterocycles. The molecule has 0 aliphatic rings. The zero-order valence-electron chi connectivity index (χ0n) is 19.2. The normalized spacial score (nSPS) is 14.1. The fraction of sp³-hybridized carbons (Fsp3) is 0.905. The number of carbonyl (C=O) groups is 2. The van der Waals surface area contributed by atoms with Crippen molar-refractivity contribution in [2.45, 2.75) is 97.0 Å². The van der Waals surface area contributed by atoms with Crippen molar-refractivity contribution < 1.29 is 37.9 Å². The fourth-order valence-electron chi connectivity index (χ4n) is 2.85. The predicted octanol–water partition coefficient (Wildman–Crippen LogP) is 3.86. The largest absolute Gasteiger partial charge is 0.472 e. The molecule has 0 aromatic rings. The van der Waals surface area contributed by atoms with Gasteiger partial charge in [0.15, 0.2) is 0 Å². The third-order valence-electron chi connectivity index (χ3n) is 4.58.